The number of esters is 1. The molecule has 0 aliphatic heterocycles. The molecule has 2 aromatic carbocycles. The van der Waals surface area contributed by atoms with Crippen LogP contribution in [0.3, 0.4) is 0 Å². The minimum atomic E-state index is -1.33. The first-order chi connectivity index (χ1) is 9.50. The Morgan fingerprint density at radius 3 is 2.00 bits per heavy atom. The molecule has 0 atom stereocenters. The van der Waals surface area contributed by atoms with Crippen molar-refractivity contribution in [1.29, 1.82) is 0 Å². The number of aromatic hydroxyl groups is 1. The Morgan fingerprint density at radius 2 is 1.45 bits per heavy atom. The van der Waals surface area contributed by atoms with Gasteiger partial charge in [-0.25, -0.2) is 4.79 Å². The van der Waals surface area contributed by atoms with Crippen LogP contribution in [0.1, 0.15) is 10.4 Å². The van der Waals surface area contributed by atoms with E-state index < -0.39 is 17.1 Å². The van der Waals surface area contributed by atoms with Gasteiger partial charge in [0, 0.05) is 0 Å². The van der Waals surface area contributed by atoms with Crippen molar-refractivity contribution < 1.29 is 25.8 Å². The van der Waals surface area contributed by atoms with Gasteiger partial charge in [0.15, 0.2) is 0 Å². The van der Waals surface area contributed by atoms with Crippen molar-refractivity contribution in [2.75, 3.05) is 0 Å². The maximum absolute atomic E-state index is 11.7. The SMILES string of the molecule is O=C(Oc1ccccc1)c1ccccc1O.[Cl][Fe]([Cl])[Cl]. The number of phenols is 1. The van der Waals surface area contributed by atoms with E-state index in [2.05, 4.69) is 0 Å². The molecular weight excluding hydrogens is 366 g/mol. The number of phenolic OH excluding ortho intramolecular Hbond substituents is 1. The summed E-state index contributed by atoms with van der Waals surface area (Å²) in [7, 11) is 14.7. The van der Waals surface area contributed by atoms with Crippen molar-refractivity contribution >= 4 is 36.3 Å². The zero-order valence-corrected chi connectivity index (χ0v) is 13.3. The summed E-state index contributed by atoms with van der Waals surface area (Å²) in [5.74, 6) is -0.191. The fraction of sp³-hybridized carbons (Fsp3) is 0. The summed E-state index contributed by atoms with van der Waals surface area (Å²) in [6, 6.07) is 15.0. The molecule has 109 valence electrons. The van der Waals surface area contributed by atoms with Crippen LogP contribution in [0.15, 0.2) is 54.6 Å². The summed E-state index contributed by atoms with van der Waals surface area (Å²) in [5, 5.41) is 9.46. The zero-order chi connectivity index (χ0) is 15.0. The van der Waals surface area contributed by atoms with Gasteiger partial charge in [-0.1, -0.05) is 30.3 Å². The molecule has 1 N–H and O–H groups in total. The Morgan fingerprint density at radius 1 is 0.950 bits per heavy atom. The van der Waals surface area contributed by atoms with Crippen molar-refractivity contribution in [2.24, 2.45) is 0 Å². The minimum absolute atomic E-state index is 0.0802. The predicted molar refractivity (Wildman–Crippen MR) is 77.1 cm³/mol. The average molecular weight is 376 g/mol. The third kappa shape index (κ3) is 6.51. The van der Waals surface area contributed by atoms with E-state index in [9.17, 15) is 9.90 Å². The van der Waals surface area contributed by atoms with Crippen LogP contribution in [0.2, 0.25) is 0 Å². The van der Waals surface area contributed by atoms with Crippen LogP contribution in [-0.4, -0.2) is 11.1 Å². The molecule has 0 fully saturated rings. The van der Waals surface area contributed by atoms with Crippen molar-refractivity contribution in [3.63, 3.8) is 0 Å². The number of ether oxygens (including phenoxy) is 1. The molecule has 3 nitrogen and oxygen atoms in total. The molecular formula is C13H10Cl3FeO3. The van der Waals surface area contributed by atoms with Crippen LogP contribution >= 0.6 is 30.3 Å². The summed E-state index contributed by atoms with van der Waals surface area (Å²) in [5.41, 5.74) is 0.159. The Kier molecular flexibility index (Phi) is 7.81. The number of hydrogen-bond donors (Lipinski definition) is 1. The van der Waals surface area contributed by atoms with Gasteiger partial charge in [-0.2, -0.15) is 0 Å². The number of carbonyl (C=O) groups is 1. The van der Waals surface area contributed by atoms with Gasteiger partial charge in [0.2, 0.25) is 0 Å². The molecule has 2 rings (SSSR count). The number of carbonyl (C=O) groups excluding carboxylic acids is 1. The first-order valence-electron chi connectivity index (χ1n) is 5.22. The van der Waals surface area contributed by atoms with Crippen molar-refractivity contribution in [2.45, 2.75) is 0 Å². The Bertz CT molecular complexity index is 547. The molecule has 0 saturated carbocycles. The molecule has 7 heteroatoms. The summed E-state index contributed by atoms with van der Waals surface area (Å²) in [6.07, 6.45) is 0. The van der Waals surface area contributed by atoms with E-state index in [1.54, 1.807) is 36.4 Å². The second-order valence-corrected chi connectivity index (χ2v) is 8.84. The molecule has 0 heterocycles. The molecule has 0 spiro atoms. The monoisotopic (exact) mass is 375 g/mol. The van der Waals surface area contributed by atoms with E-state index in [0.717, 1.165) is 0 Å². The quantitative estimate of drug-likeness (QED) is 0.470. The van der Waals surface area contributed by atoms with Gasteiger partial charge in [-0.3, -0.25) is 0 Å². The van der Waals surface area contributed by atoms with Gasteiger partial charge in [0.25, 0.3) is 0 Å². The van der Waals surface area contributed by atoms with Crippen molar-refractivity contribution in [3.05, 3.63) is 60.2 Å². The summed E-state index contributed by atoms with van der Waals surface area (Å²) < 4.78 is 5.08. The van der Waals surface area contributed by atoms with E-state index >= 15 is 0 Å². The molecule has 0 radical (unpaired) electrons. The standard InChI is InChI=1S/C13H10O3.3ClH.Fe/c14-12-9-5-4-8-11(12)13(15)16-10-6-2-1-3-7-10;;;;/h1-9,14H;3*1H;/q;;;;+3/p-3. The van der Waals surface area contributed by atoms with Gasteiger partial charge in [-0.05, 0) is 24.3 Å². The van der Waals surface area contributed by atoms with Gasteiger partial charge >= 0.3 is 47.4 Å². The van der Waals surface area contributed by atoms with Crippen LogP contribution in [-0.2, 0) is 11.2 Å². The summed E-state index contributed by atoms with van der Waals surface area (Å²) in [6.45, 7) is 0. The molecule has 0 bridgehead atoms. The molecule has 0 saturated heterocycles. The first kappa shape index (κ1) is 17.2. The van der Waals surface area contributed by atoms with E-state index in [1.807, 2.05) is 6.07 Å². The van der Waals surface area contributed by atoms with Gasteiger partial charge < -0.3 is 9.84 Å². The third-order valence-corrected chi connectivity index (χ3v) is 2.08. The van der Waals surface area contributed by atoms with Crippen molar-refractivity contribution in [1.82, 2.24) is 0 Å². The fourth-order valence-corrected chi connectivity index (χ4v) is 1.30. The number of benzene rings is 2. The third-order valence-electron chi connectivity index (χ3n) is 2.08. The van der Waals surface area contributed by atoms with E-state index in [4.69, 9.17) is 35.0 Å². The normalized spacial score (nSPS) is 10.1. The number of hydrogen-bond acceptors (Lipinski definition) is 3. The molecule has 20 heavy (non-hydrogen) atoms. The molecule has 0 aliphatic rings. The van der Waals surface area contributed by atoms with E-state index in [0.29, 0.717) is 5.75 Å². The van der Waals surface area contributed by atoms with E-state index in [-0.39, 0.29) is 11.3 Å². The number of rotatable bonds is 2. The van der Waals surface area contributed by atoms with Crippen LogP contribution < -0.4 is 4.74 Å². The number of para-hydroxylation sites is 2. The summed E-state index contributed by atoms with van der Waals surface area (Å²) in [4.78, 5) is 11.7. The molecule has 0 aromatic heterocycles. The Hall–Kier alpha value is -0.901. The number of halogens is 3. The van der Waals surface area contributed by atoms with E-state index in [1.165, 1.54) is 12.1 Å². The van der Waals surface area contributed by atoms with Gasteiger partial charge in [0.1, 0.15) is 17.1 Å². The second kappa shape index (κ2) is 9.11. The molecule has 0 aliphatic carbocycles. The van der Waals surface area contributed by atoms with Crippen molar-refractivity contribution in [3.8, 4) is 11.5 Å². The molecule has 0 unspecified atom stereocenters. The molecule has 2 aromatic rings. The van der Waals surface area contributed by atoms with Crippen LogP contribution in [0, 0.1) is 0 Å². The fourth-order valence-electron chi connectivity index (χ4n) is 1.30. The maximum atomic E-state index is 11.7. The van der Waals surface area contributed by atoms with Crippen LogP contribution in [0.5, 0.6) is 11.5 Å². The van der Waals surface area contributed by atoms with Gasteiger partial charge in [0.05, 0.1) is 0 Å². The zero-order valence-electron chi connectivity index (χ0n) is 9.95. The second-order valence-electron chi connectivity index (χ2n) is 3.37. The topological polar surface area (TPSA) is 46.5 Å². The first-order valence-corrected chi connectivity index (χ1v) is 9.78. The van der Waals surface area contributed by atoms with Gasteiger partial charge in [-0.15, -0.1) is 0 Å². The Balaban J connectivity index is 0.000000444. The Labute approximate surface area is 133 Å². The predicted octanol–water partition coefficient (Wildman–Crippen LogP) is 4.68. The molecule has 0 amide bonds. The average Bonchev–Trinajstić information content (AvgIpc) is 2.39. The van der Waals surface area contributed by atoms with Crippen LogP contribution in [0.25, 0.3) is 0 Å². The summed E-state index contributed by atoms with van der Waals surface area (Å²) >= 11 is -1.33. The van der Waals surface area contributed by atoms with Crippen LogP contribution in [0.4, 0.5) is 0 Å².